The van der Waals surface area contributed by atoms with Crippen LogP contribution >= 0.6 is 11.8 Å². The van der Waals surface area contributed by atoms with Gasteiger partial charge in [-0.3, -0.25) is 9.59 Å². The summed E-state index contributed by atoms with van der Waals surface area (Å²) in [4.78, 5) is 22.3. The Morgan fingerprint density at radius 2 is 2.12 bits per heavy atom. The van der Waals surface area contributed by atoms with E-state index in [0.29, 0.717) is 5.75 Å². The molecule has 0 radical (unpaired) electrons. The SMILES string of the molecule is CC(C)(C)Oc1ccccc1C=NN=C1NC(=O)C(CC(=O)O)S1. The first-order valence-corrected chi connectivity index (χ1v) is 8.21. The van der Waals surface area contributed by atoms with Gasteiger partial charge < -0.3 is 15.2 Å². The molecule has 1 atom stereocenters. The molecule has 0 aromatic heterocycles. The van der Waals surface area contributed by atoms with E-state index in [-0.39, 0.29) is 23.1 Å². The molecule has 0 aliphatic carbocycles. The van der Waals surface area contributed by atoms with Crippen molar-refractivity contribution in [2.45, 2.75) is 38.0 Å². The second-order valence-electron chi connectivity index (χ2n) is 6.10. The van der Waals surface area contributed by atoms with Crippen LogP contribution in [0.4, 0.5) is 0 Å². The van der Waals surface area contributed by atoms with E-state index in [0.717, 1.165) is 17.3 Å². The number of carbonyl (C=O) groups excluding carboxylic acids is 1. The lowest BCUT2D eigenvalue weighted by Crippen LogP contribution is -2.26. The molecule has 0 saturated carbocycles. The monoisotopic (exact) mass is 349 g/mol. The highest BCUT2D eigenvalue weighted by Gasteiger charge is 2.32. The first-order valence-electron chi connectivity index (χ1n) is 7.33. The third-order valence-electron chi connectivity index (χ3n) is 2.82. The largest absolute Gasteiger partial charge is 0.487 e. The highest BCUT2D eigenvalue weighted by atomic mass is 32.2. The van der Waals surface area contributed by atoms with Crippen LogP contribution in [0.3, 0.4) is 0 Å². The van der Waals surface area contributed by atoms with Gasteiger partial charge >= 0.3 is 5.97 Å². The molecule has 2 N–H and O–H groups in total. The van der Waals surface area contributed by atoms with Crippen molar-refractivity contribution in [3.05, 3.63) is 29.8 Å². The summed E-state index contributed by atoms with van der Waals surface area (Å²) in [5.74, 6) is -0.714. The Labute approximate surface area is 144 Å². The minimum absolute atomic E-state index is 0.249. The van der Waals surface area contributed by atoms with E-state index >= 15 is 0 Å². The zero-order valence-corrected chi connectivity index (χ0v) is 14.5. The minimum atomic E-state index is -1.03. The summed E-state index contributed by atoms with van der Waals surface area (Å²) >= 11 is 1.06. The molecule has 1 amide bonds. The van der Waals surface area contributed by atoms with Gasteiger partial charge in [0.15, 0.2) is 5.17 Å². The summed E-state index contributed by atoms with van der Waals surface area (Å²) in [6, 6.07) is 7.42. The second-order valence-corrected chi connectivity index (χ2v) is 7.29. The molecule has 1 fully saturated rings. The number of rotatable bonds is 5. The van der Waals surface area contributed by atoms with Crippen LogP contribution in [-0.2, 0) is 9.59 Å². The molecule has 1 aliphatic heterocycles. The molecular weight excluding hydrogens is 330 g/mol. The molecule has 128 valence electrons. The molecule has 1 aromatic rings. The topological polar surface area (TPSA) is 100 Å². The maximum Gasteiger partial charge on any atom is 0.305 e. The summed E-state index contributed by atoms with van der Waals surface area (Å²) in [5.41, 5.74) is 0.419. The van der Waals surface area contributed by atoms with Crippen molar-refractivity contribution in [2.75, 3.05) is 0 Å². The van der Waals surface area contributed by atoms with Gasteiger partial charge in [-0.15, -0.1) is 5.10 Å². The lowest BCUT2D eigenvalue weighted by Gasteiger charge is -2.22. The number of carboxylic acids is 1. The number of hydrogen-bond acceptors (Lipinski definition) is 6. The summed E-state index contributed by atoms with van der Waals surface area (Å²) in [6.07, 6.45) is 1.28. The number of aliphatic carboxylic acids is 1. The number of benzene rings is 1. The minimum Gasteiger partial charge on any atom is -0.487 e. The number of thioether (sulfide) groups is 1. The fraction of sp³-hybridized carbons (Fsp3) is 0.375. The van der Waals surface area contributed by atoms with Crippen molar-refractivity contribution in [3.63, 3.8) is 0 Å². The third kappa shape index (κ3) is 5.38. The van der Waals surface area contributed by atoms with Gasteiger partial charge in [-0.2, -0.15) is 5.10 Å². The molecule has 7 nitrogen and oxygen atoms in total. The van der Waals surface area contributed by atoms with Crippen LogP contribution in [0.1, 0.15) is 32.8 Å². The molecule has 0 bridgehead atoms. The predicted molar refractivity (Wildman–Crippen MR) is 93.6 cm³/mol. The smallest absolute Gasteiger partial charge is 0.305 e. The van der Waals surface area contributed by atoms with Crippen LogP contribution in [0.2, 0.25) is 0 Å². The molecule has 0 spiro atoms. The van der Waals surface area contributed by atoms with Crippen LogP contribution in [-0.4, -0.2) is 39.2 Å². The highest BCUT2D eigenvalue weighted by molar-refractivity contribution is 8.15. The normalized spacial score (nSPS) is 19.7. The first kappa shape index (κ1) is 18.0. The Bertz CT molecular complexity index is 695. The molecule has 1 unspecified atom stereocenters. The van der Waals surface area contributed by atoms with Crippen LogP contribution in [0.25, 0.3) is 0 Å². The molecule has 24 heavy (non-hydrogen) atoms. The van der Waals surface area contributed by atoms with Gasteiger partial charge in [-0.25, -0.2) is 0 Å². The Kier molecular flexibility index (Phi) is 5.61. The molecular formula is C16H19N3O4S. The number of amidine groups is 1. The summed E-state index contributed by atoms with van der Waals surface area (Å²) in [5, 5.41) is 18.8. The van der Waals surface area contributed by atoms with Crippen molar-refractivity contribution in [1.82, 2.24) is 5.32 Å². The Balaban J connectivity index is 2.07. The average molecular weight is 349 g/mol. The standard InChI is InChI=1S/C16H19N3O4S/c1-16(2,3)23-11-7-5-4-6-10(11)9-17-19-15-18-14(22)12(24-15)8-13(20)21/h4-7,9,12H,8H2,1-3H3,(H,20,21)(H,18,19,22). The predicted octanol–water partition coefficient (Wildman–Crippen LogP) is 2.26. The van der Waals surface area contributed by atoms with Gasteiger partial charge in [-0.05, 0) is 32.9 Å². The first-order chi connectivity index (χ1) is 11.2. The number of carboxylic acid groups (broad SMARTS) is 1. The maximum atomic E-state index is 11.6. The number of para-hydroxylation sites is 1. The van der Waals surface area contributed by atoms with Crippen molar-refractivity contribution in [2.24, 2.45) is 10.2 Å². The molecule has 2 rings (SSSR count). The maximum absolute atomic E-state index is 11.6. The van der Waals surface area contributed by atoms with E-state index in [1.54, 1.807) is 0 Å². The van der Waals surface area contributed by atoms with Gasteiger partial charge in [0.05, 0.1) is 12.6 Å². The van der Waals surface area contributed by atoms with Crippen molar-refractivity contribution in [3.8, 4) is 5.75 Å². The van der Waals surface area contributed by atoms with E-state index in [1.807, 2.05) is 45.0 Å². The van der Waals surface area contributed by atoms with Gasteiger partial charge in [0, 0.05) is 5.56 Å². The van der Waals surface area contributed by atoms with Crippen molar-refractivity contribution < 1.29 is 19.4 Å². The lowest BCUT2D eigenvalue weighted by molar-refractivity contribution is -0.138. The van der Waals surface area contributed by atoms with E-state index in [2.05, 4.69) is 15.5 Å². The average Bonchev–Trinajstić information content (AvgIpc) is 2.78. The molecule has 1 aliphatic rings. The molecule has 1 aromatic carbocycles. The summed E-state index contributed by atoms with van der Waals surface area (Å²) in [7, 11) is 0. The van der Waals surface area contributed by atoms with E-state index in [4.69, 9.17) is 9.84 Å². The van der Waals surface area contributed by atoms with Gasteiger partial charge in [0.25, 0.3) is 0 Å². The van der Waals surface area contributed by atoms with Crippen LogP contribution in [0.5, 0.6) is 5.75 Å². The molecule has 1 heterocycles. The quantitative estimate of drug-likeness (QED) is 0.627. The summed E-state index contributed by atoms with van der Waals surface area (Å²) < 4.78 is 5.85. The Morgan fingerprint density at radius 1 is 1.42 bits per heavy atom. The van der Waals surface area contributed by atoms with E-state index < -0.39 is 11.2 Å². The fourth-order valence-electron chi connectivity index (χ4n) is 1.90. The third-order valence-corrected chi connectivity index (χ3v) is 3.89. The number of ether oxygens (including phenoxy) is 1. The van der Waals surface area contributed by atoms with Gasteiger partial charge in [0.1, 0.15) is 16.6 Å². The summed E-state index contributed by atoms with van der Waals surface area (Å²) in [6.45, 7) is 5.86. The van der Waals surface area contributed by atoms with Crippen LogP contribution < -0.4 is 10.1 Å². The number of carbonyl (C=O) groups is 2. The second kappa shape index (κ2) is 7.48. The fourth-order valence-corrected chi connectivity index (χ4v) is 2.81. The Hall–Kier alpha value is -2.35. The number of amides is 1. The van der Waals surface area contributed by atoms with Gasteiger partial charge in [-0.1, -0.05) is 23.9 Å². The number of nitrogens with zero attached hydrogens (tertiary/aromatic N) is 2. The number of nitrogens with one attached hydrogen (secondary N) is 1. The molecule has 1 saturated heterocycles. The Morgan fingerprint density at radius 3 is 2.79 bits per heavy atom. The van der Waals surface area contributed by atoms with Crippen molar-refractivity contribution >= 4 is 35.0 Å². The molecule has 8 heteroatoms. The highest BCUT2D eigenvalue weighted by Crippen LogP contribution is 2.23. The number of hydrogen-bond donors (Lipinski definition) is 2. The van der Waals surface area contributed by atoms with Crippen molar-refractivity contribution in [1.29, 1.82) is 0 Å². The lowest BCUT2D eigenvalue weighted by atomic mass is 10.1. The van der Waals surface area contributed by atoms with Crippen LogP contribution in [0, 0.1) is 0 Å². The van der Waals surface area contributed by atoms with Gasteiger partial charge in [0.2, 0.25) is 5.91 Å². The zero-order valence-electron chi connectivity index (χ0n) is 13.6. The van der Waals surface area contributed by atoms with E-state index in [1.165, 1.54) is 6.21 Å². The van der Waals surface area contributed by atoms with E-state index in [9.17, 15) is 9.59 Å². The zero-order chi connectivity index (χ0) is 17.7. The van der Waals surface area contributed by atoms with Crippen LogP contribution in [0.15, 0.2) is 34.5 Å².